The molecule has 1 N–H and O–H groups in total. The number of hydrogen-bond acceptors (Lipinski definition) is 6. The first kappa shape index (κ1) is 22.1. The zero-order chi connectivity index (χ0) is 23.4. The van der Waals surface area contributed by atoms with Crippen molar-refractivity contribution in [2.24, 2.45) is 0 Å². The highest BCUT2D eigenvalue weighted by Crippen LogP contribution is 2.24. The standard InChI is InChI=1S/C23H22FN5O4/c24-19-9-6-17(14-21(19)29(32)33)25-22(30)15-28-23(31)11-10-20(26-28)16-4-7-18(8-5-16)27-12-2-1-3-13-27/h4-11,14H,1-3,12-13,15H2,(H,25,30). The quantitative estimate of drug-likeness (QED) is 0.453. The Balaban J connectivity index is 1.48. The molecule has 1 aromatic heterocycles. The van der Waals surface area contributed by atoms with E-state index in [1.165, 1.54) is 31.4 Å². The van der Waals surface area contributed by atoms with Gasteiger partial charge in [-0.1, -0.05) is 12.1 Å². The van der Waals surface area contributed by atoms with Gasteiger partial charge < -0.3 is 10.2 Å². The molecule has 0 unspecified atom stereocenters. The van der Waals surface area contributed by atoms with E-state index in [1.807, 2.05) is 24.3 Å². The molecule has 2 heterocycles. The number of hydrogen-bond donors (Lipinski definition) is 1. The lowest BCUT2D eigenvalue weighted by atomic mass is 10.1. The van der Waals surface area contributed by atoms with Crippen LogP contribution >= 0.6 is 0 Å². The highest BCUT2D eigenvalue weighted by atomic mass is 19.1. The molecule has 2 aromatic carbocycles. The minimum absolute atomic E-state index is 0.0469. The van der Waals surface area contributed by atoms with Crippen LogP contribution in [0.15, 0.2) is 59.4 Å². The summed E-state index contributed by atoms with van der Waals surface area (Å²) in [6.07, 6.45) is 3.62. The summed E-state index contributed by atoms with van der Waals surface area (Å²) >= 11 is 0. The lowest BCUT2D eigenvalue weighted by molar-refractivity contribution is -0.387. The Hall–Kier alpha value is -4.08. The molecule has 0 atom stereocenters. The van der Waals surface area contributed by atoms with Gasteiger partial charge in [0.2, 0.25) is 11.7 Å². The summed E-state index contributed by atoms with van der Waals surface area (Å²) in [4.78, 5) is 36.9. The van der Waals surface area contributed by atoms with E-state index in [9.17, 15) is 24.1 Å². The molecule has 170 valence electrons. The molecule has 1 aliphatic rings. The van der Waals surface area contributed by atoms with E-state index in [0.717, 1.165) is 41.2 Å². The maximum atomic E-state index is 13.5. The number of halogens is 1. The molecule has 1 aliphatic heterocycles. The van der Waals surface area contributed by atoms with Gasteiger partial charge in [-0.3, -0.25) is 19.7 Å². The van der Waals surface area contributed by atoms with Crippen molar-refractivity contribution >= 4 is 23.0 Å². The van der Waals surface area contributed by atoms with Crippen LogP contribution in [-0.4, -0.2) is 33.7 Å². The third kappa shape index (κ3) is 5.22. The maximum absolute atomic E-state index is 13.5. The van der Waals surface area contributed by atoms with Gasteiger partial charge in [-0.05, 0) is 49.6 Å². The molecule has 0 radical (unpaired) electrons. The second-order valence-corrected chi connectivity index (χ2v) is 7.78. The number of nitrogens with one attached hydrogen (secondary N) is 1. The van der Waals surface area contributed by atoms with Crippen molar-refractivity contribution < 1.29 is 14.1 Å². The van der Waals surface area contributed by atoms with Crippen LogP contribution in [0.3, 0.4) is 0 Å². The number of rotatable bonds is 6. The molecule has 3 aromatic rings. The van der Waals surface area contributed by atoms with Crippen LogP contribution in [0.5, 0.6) is 0 Å². The predicted molar refractivity (Wildman–Crippen MR) is 122 cm³/mol. The zero-order valence-electron chi connectivity index (χ0n) is 17.7. The van der Waals surface area contributed by atoms with E-state index in [2.05, 4.69) is 15.3 Å². The molecule has 9 nitrogen and oxygen atoms in total. The third-order valence-corrected chi connectivity index (χ3v) is 5.47. The molecule has 0 spiro atoms. The minimum Gasteiger partial charge on any atom is -0.372 e. The topological polar surface area (TPSA) is 110 Å². The number of nitro benzene ring substituents is 1. The molecule has 1 amide bonds. The Bertz CT molecular complexity index is 1240. The van der Waals surface area contributed by atoms with E-state index in [0.29, 0.717) is 5.69 Å². The van der Waals surface area contributed by atoms with Gasteiger partial charge in [0, 0.05) is 42.2 Å². The van der Waals surface area contributed by atoms with Crippen molar-refractivity contribution in [2.75, 3.05) is 23.3 Å². The van der Waals surface area contributed by atoms with Gasteiger partial charge in [-0.2, -0.15) is 9.49 Å². The number of benzene rings is 2. The second-order valence-electron chi connectivity index (χ2n) is 7.78. The molecule has 10 heteroatoms. The molecule has 0 saturated carbocycles. The normalized spacial score (nSPS) is 13.5. The van der Waals surface area contributed by atoms with Crippen LogP contribution in [0.25, 0.3) is 11.3 Å². The first-order valence-corrected chi connectivity index (χ1v) is 10.6. The van der Waals surface area contributed by atoms with Crippen LogP contribution in [-0.2, 0) is 11.3 Å². The Morgan fingerprint density at radius 2 is 1.79 bits per heavy atom. The Kier molecular flexibility index (Phi) is 6.43. The van der Waals surface area contributed by atoms with Crippen molar-refractivity contribution in [3.05, 3.63) is 80.9 Å². The van der Waals surface area contributed by atoms with Crippen LogP contribution < -0.4 is 15.8 Å². The second kappa shape index (κ2) is 9.60. The first-order valence-electron chi connectivity index (χ1n) is 10.6. The van der Waals surface area contributed by atoms with Gasteiger partial charge in [-0.15, -0.1) is 0 Å². The van der Waals surface area contributed by atoms with Gasteiger partial charge in [0.25, 0.3) is 5.56 Å². The number of anilines is 2. The SMILES string of the molecule is O=C(Cn1nc(-c2ccc(N3CCCCC3)cc2)ccc1=O)Nc1ccc(F)c([N+](=O)[O-])c1. The third-order valence-electron chi connectivity index (χ3n) is 5.47. The fourth-order valence-corrected chi connectivity index (χ4v) is 3.78. The minimum atomic E-state index is -1.00. The van der Waals surface area contributed by atoms with Gasteiger partial charge in [0.15, 0.2) is 0 Å². The summed E-state index contributed by atoms with van der Waals surface area (Å²) in [6, 6.07) is 13.8. The van der Waals surface area contributed by atoms with Crippen LogP contribution in [0.2, 0.25) is 0 Å². The van der Waals surface area contributed by atoms with E-state index in [4.69, 9.17) is 0 Å². The first-order chi connectivity index (χ1) is 15.9. The Morgan fingerprint density at radius 3 is 2.48 bits per heavy atom. The zero-order valence-corrected chi connectivity index (χ0v) is 17.7. The largest absolute Gasteiger partial charge is 0.372 e. The summed E-state index contributed by atoms with van der Waals surface area (Å²) in [5, 5.41) is 17.6. The number of carbonyl (C=O) groups is 1. The molecular formula is C23H22FN5O4. The van der Waals surface area contributed by atoms with Gasteiger partial charge in [-0.25, -0.2) is 4.68 Å². The maximum Gasteiger partial charge on any atom is 0.306 e. The number of nitrogens with zero attached hydrogens (tertiary/aromatic N) is 4. The van der Waals surface area contributed by atoms with E-state index in [1.54, 1.807) is 6.07 Å². The highest BCUT2D eigenvalue weighted by Gasteiger charge is 2.16. The van der Waals surface area contributed by atoms with E-state index < -0.39 is 34.4 Å². The summed E-state index contributed by atoms with van der Waals surface area (Å²) in [7, 11) is 0. The average Bonchev–Trinajstić information content (AvgIpc) is 2.82. The van der Waals surface area contributed by atoms with Crippen LogP contribution in [0.1, 0.15) is 19.3 Å². The van der Waals surface area contributed by atoms with Gasteiger partial charge in [0.1, 0.15) is 6.54 Å². The Labute approximate surface area is 188 Å². The summed E-state index contributed by atoms with van der Waals surface area (Å²) in [5.74, 6) is -1.63. The van der Waals surface area contributed by atoms with Crippen molar-refractivity contribution in [2.45, 2.75) is 25.8 Å². The number of amides is 1. The summed E-state index contributed by atoms with van der Waals surface area (Å²) < 4.78 is 14.5. The fourth-order valence-electron chi connectivity index (χ4n) is 3.78. The smallest absolute Gasteiger partial charge is 0.306 e. The van der Waals surface area contributed by atoms with E-state index >= 15 is 0 Å². The van der Waals surface area contributed by atoms with Crippen LogP contribution in [0.4, 0.5) is 21.5 Å². The number of piperidine rings is 1. The van der Waals surface area contributed by atoms with Gasteiger partial charge in [0.05, 0.1) is 10.6 Å². The molecule has 0 aliphatic carbocycles. The molecule has 4 rings (SSSR count). The van der Waals surface area contributed by atoms with Crippen LogP contribution in [0, 0.1) is 15.9 Å². The van der Waals surface area contributed by atoms with Crippen molar-refractivity contribution in [1.29, 1.82) is 0 Å². The summed E-state index contributed by atoms with van der Waals surface area (Å²) in [6.45, 7) is 1.67. The fraction of sp³-hybridized carbons (Fsp3) is 0.261. The monoisotopic (exact) mass is 451 g/mol. The molecule has 1 fully saturated rings. The molecule has 1 saturated heterocycles. The lowest BCUT2D eigenvalue weighted by Crippen LogP contribution is -2.29. The highest BCUT2D eigenvalue weighted by molar-refractivity contribution is 5.90. The molecule has 33 heavy (non-hydrogen) atoms. The predicted octanol–water partition coefficient (Wildman–Crippen LogP) is 3.59. The number of aromatic nitrogens is 2. The molecule has 0 bridgehead atoms. The number of carbonyl (C=O) groups excluding carboxylic acids is 1. The lowest BCUT2D eigenvalue weighted by Gasteiger charge is -2.28. The summed E-state index contributed by atoms with van der Waals surface area (Å²) in [5.41, 5.74) is 1.30. The van der Waals surface area contributed by atoms with E-state index in [-0.39, 0.29) is 5.69 Å². The van der Waals surface area contributed by atoms with Crippen molar-refractivity contribution in [3.63, 3.8) is 0 Å². The average molecular weight is 451 g/mol. The number of nitro groups is 1. The Morgan fingerprint density at radius 1 is 1.06 bits per heavy atom. The molecular weight excluding hydrogens is 429 g/mol. The van der Waals surface area contributed by atoms with Gasteiger partial charge >= 0.3 is 5.69 Å². The van der Waals surface area contributed by atoms with Crippen molar-refractivity contribution in [3.8, 4) is 11.3 Å². The van der Waals surface area contributed by atoms with Crippen molar-refractivity contribution in [1.82, 2.24) is 9.78 Å².